The molecule has 0 radical (unpaired) electrons. The molecule has 1 saturated heterocycles. The smallest absolute Gasteiger partial charge is 0.410 e. The molecule has 0 aromatic heterocycles. The van der Waals surface area contributed by atoms with Gasteiger partial charge in [0.2, 0.25) is 5.91 Å². The highest BCUT2D eigenvalue weighted by atomic mass is 16.6. The third kappa shape index (κ3) is 8.92. The fraction of sp³-hybridized carbons (Fsp3) is 0.583. The topological polar surface area (TPSA) is 126 Å². The molecule has 3 N–H and O–H groups in total. The number of esters is 1. The molecule has 1 unspecified atom stereocenters. The molecule has 1 heterocycles. The average Bonchev–Trinajstić information content (AvgIpc) is 2.77. The van der Waals surface area contributed by atoms with Crippen molar-refractivity contribution in [3.63, 3.8) is 0 Å². The van der Waals surface area contributed by atoms with Crippen LogP contribution in [0.5, 0.6) is 0 Å². The molecular weight excluding hydrogens is 440 g/mol. The number of anilines is 1. The second kappa shape index (κ2) is 12.2. The zero-order valence-electron chi connectivity index (χ0n) is 20.6. The molecule has 4 amide bonds. The summed E-state index contributed by atoms with van der Waals surface area (Å²) in [5.74, 6) is -0.722. The van der Waals surface area contributed by atoms with Crippen LogP contribution in [0.2, 0.25) is 0 Å². The van der Waals surface area contributed by atoms with E-state index in [9.17, 15) is 19.2 Å². The highest BCUT2D eigenvalue weighted by Crippen LogP contribution is 2.19. The second-order valence-electron chi connectivity index (χ2n) is 9.26. The lowest BCUT2D eigenvalue weighted by molar-refractivity contribution is -0.122. The van der Waals surface area contributed by atoms with Crippen molar-refractivity contribution >= 4 is 29.7 Å². The van der Waals surface area contributed by atoms with E-state index < -0.39 is 23.6 Å². The quantitative estimate of drug-likeness (QED) is 0.519. The first kappa shape index (κ1) is 26.9. The van der Waals surface area contributed by atoms with Gasteiger partial charge in [-0.1, -0.05) is 6.92 Å². The first-order valence-corrected chi connectivity index (χ1v) is 11.6. The van der Waals surface area contributed by atoms with Crippen molar-refractivity contribution in [2.24, 2.45) is 0 Å². The summed E-state index contributed by atoms with van der Waals surface area (Å²) in [6, 6.07) is 5.09. The molecule has 0 saturated carbocycles. The minimum absolute atomic E-state index is 0.257. The van der Waals surface area contributed by atoms with Crippen LogP contribution in [-0.2, 0) is 14.3 Å². The van der Waals surface area contributed by atoms with Crippen LogP contribution in [0.3, 0.4) is 0 Å². The lowest BCUT2D eigenvalue weighted by atomic mass is 10.1. The SMILES string of the molecule is CCCNC(=O)C(C)NC(=O)Nc1ccc(C(=O)OC2CCN(C(=O)OC(C)(C)C)CC2)cc1. The number of hydrogen-bond donors (Lipinski definition) is 3. The fourth-order valence-corrected chi connectivity index (χ4v) is 3.22. The summed E-state index contributed by atoms with van der Waals surface area (Å²) in [6.45, 7) is 10.5. The van der Waals surface area contributed by atoms with Gasteiger partial charge in [-0.05, 0) is 58.4 Å². The number of likely N-dealkylation sites (tertiary alicyclic amines) is 1. The highest BCUT2D eigenvalue weighted by Gasteiger charge is 2.28. The molecule has 0 aliphatic carbocycles. The van der Waals surface area contributed by atoms with Gasteiger partial charge in [0.25, 0.3) is 0 Å². The van der Waals surface area contributed by atoms with Crippen LogP contribution in [0.15, 0.2) is 24.3 Å². The fourth-order valence-electron chi connectivity index (χ4n) is 3.22. The maximum Gasteiger partial charge on any atom is 0.410 e. The number of nitrogens with zero attached hydrogens (tertiary/aromatic N) is 1. The number of amides is 4. The predicted octanol–water partition coefficient (Wildman–Crippen LogP) is 3.28. The van der Waals surface area contributed by atoms with Gasteiger partial charge >= 0.3 is 18.1 Å². The predicted molar refractivity (Wildman–Crippen MR) is 128 cm³/mol. The molecule has 1 fully saturated rings. The largest absolute Gasteiger partial charge is 0.459 e. The molecule has 1 aliphatic heterocycles. The van der Waals surface area contributed by atoms with Gasteiger partial charge < -0.3 is 30.3 Å². The highest BCUT2D eigenvalue weighted by molar-refractivity contribution is 5.94. The monoisotopic (exact) mass is 476 g/mol. The molecule has 10 heteroatoms. The minimum Gasteiger partial charge on any atom is -0.459 e. The molecule has 0 spiro atoms. The number of piperidine rings is 1. The number of hydrogen-bond acceptors (Lipinski definition) is 6. The van der Waals surface area contributed by atoms with E-state index in [2.05, 4.69) is 16.0 Å². The molecular formula is C24H36N4O6. The molecule has 10 nitrogen and oxygen atoms in total. The molecule has 1 aromatic rings. The Labute approximate surface area is 200 Å². The van der Waals surface area contributed by atoms with Crippen molar-refractivity contribution in [2.75, 3.05) is 25.0 Å². The van der Waals surface area contributed by atoms with Gasteiger partial charge in [0.1, 0.15) is 17.7 Å². The van der Waals surface area contributed by atoms with Gasteiger partial charge in [-0.25, -0.2) is 14.4 Å². The van der Waals surface area contributed by atoms with E-state index >= 15 is 0 Å². The zero-order valence-corrected chi connectivity index (χ0v) is 20.6. The van der Waals surface area contributed by atoms with Crippen LogP contribution in [0.25, 0.3) is 0 Å². The van der Waals surface area contributed by atoms with E-state index in [0.717, 1.165) is 6.42 Å². The van der Waals surface area contributed by atoms with Crippen molar-refractivity contribution in [1.29, 1.82) is 0 Å². The van der Waals surface area contributed by atoms with Crippen LogP contribution in [0.1, 0.15) is 64.2 Å². The van der Waals surface area contributed by atoms with Gasteiger partial charge in [0.15, 0.2) is 0 Å². The average molecular weight is 477 g/mol. The van der Waals surface area contributed by atoms with Gasteiger partial charge in [0.05, 0.1) is 5.56 Å². The molecule has 0 bridgehead atoms. The number of ether oxygens (including phenoxy) is 2. The first-order chi connectivity index (χ1) is 16.0. The third-order valence-electron chi connectivity index (χ3n) is 5.04. The normalized spacial score (nSPS) is 15.1. The summed E-state index contributed by atoms with van der Waals surface area (Å²) >= 11 is 0. The second-order valence-corrected chi connectivity index (χ2v) is 9.26. The van der Waals surface area contributed by atoms with Crippen molar-refractivity contribution in [2.45, 2.75) is 71.6 Å². The molecule has 2 rings (SSSR count). The van der Waals surface area contributed by atoms with Crippen LogP contribution < -0.4 is 16.0 Å². The molecule has 34 heavy (non-hydrogen) atoms. The third-order valence-corrected chi connectivity index (χ3v) is 5.04. The van der Waals surface area contributed by atoms with Crippen LogP contribution >= 0.6 is 0 Å². The minimum atomic E-state index is -0.678. The van der Waals surface area contributed by atoms with Crippen molar-refractivity contribution in [3.05, 3.63) is 29.8 Å². The van der Waals surface area contributed by atoms with Crippen molar-refractivity contribution in [3.8, 4) is 0 Å². The molecule has 1 atom stereocenters. The van der Waals surface area contributed by atoms with E-state index in [1.807, 2.05) is 27.7 Å². The Morgan fingerprint density at radius 3 is 2.26 bits per heavy atom. The number of nitrogens with one attached hydrogen (secondary N) is 3. The number of urea groups is 1. The number of carbonyl (C=O) groups excluding carboxylic acids is 4. The number of rotatable bonds is 7. The Hall–Kier alpha value is -3.30. The van der Waals surface area contributed by atoms with E-state index in [1.54, 1.807) is 36.1 Å². The Bertz CT molecular complexity index is 857. The number of carbonyl (C=O) groups is 4. The van der Waals surface area contributed by atoms with Crippen molar-refractivity contribution < 1.29 is 28.7 Å². The number of benzene rings is 1. The summed E-state index contributed by atoms with van der Waals surface area (Å²) in [5, 5.41) is 7.91. The van der Waals surface area contributed by atoms with Crippen molar-refractivity contribution in [1.82, 2.24) is 15.5 Å². The Kier molecular flexibility index (Phi) is 9.70. The van der Waals surface area contributed by atoms with Gasteiger partial charge in [-0.2, -0.15) is 0 Å². The molecule has 188 valence electrons. The van der Waals surface area contributed by atoms with E-state index in [4.69, 9.17) is 9.47 Å². The lowest BCUT2D eigenvalue weighted by Gasteiger charge is -2.33. The van der Waals surface area contributed by atoms with E-state index in [0.29, 0.717) is 43.7 Å². The van der Waals surface area contributed by atoms with E-state index in [-0.39, 0.29) is 18.1 Å². The first-order valence-electron chi connectivity index (χ1n) is 11.6. The standard InChI is InChI=1S/C24H36N4O6/c1-6-13-25-20(29)16(2)26-22(31)27-18-9-7-17(8-10-18)21(30)33-19-11-14-28(15-12-19)23(32)34-24(3,4)5/h7-10,16,19H,6,11-15H2,1-5H3,(H,25,29)(H2,26,27,31). The van der Waals surface area contributed by atoms with Crippen LogP contribution in [0.4, 0.5) is 15.3 Å². The van der Waals surface area contributed by atoms with Gasteiger partial charge in [-0.15, -0.1) is 0 Å². The Morgan fingerprint density at radius 1 is 1.09 bits per heavy atom. The van der Waals surface area contributed by atoms with Gasteiger partial charge in [0, 0.05) is 38.2 Å². The maximum absolute atomic E-state index is 12.5. The van der Waals surface area contributed by atoms with Gasteiger partial charge in [-0.3, -0.25) is 4.79 Å². The Balaban J connectivity index is 1.78. The molecule has 1 aliphatic rings. The summed E-state index contributed by atoms with van der Waals surface area (Å²) in [4.78, 5) is 50.2. The van der Waals surface area contributed by atoms with E-state index in [1.165, 1.54) is 0 Å². The summed E-state index contributed by atoms with van der Waals surface area (Å²) < 4.78 is 11.0. The Morgan fingerprint density at radius 2 is 1.71 bits per heavy atom. The summed E-state index contributed by atoms with van der Waals surface area (Å²) in [5.41, 5.74) is 0.276. The maximum atomic E-state index is 12.5. The lowest BCUT2D eigenvalue weighted by Crippen LogP contribution is -2.46. The summed E-state index contributed by atoms with van der Waals surface area (Å²) in [7, 11) is 0. The van der Waals surface area contributed by atoms with Crippen LogP contribution in [-0.4, -0.2) is 66.3 Å². The zero-order chi connectivity index (χ0) is 25.3. The summed E-state index contributed by atoms with van der Waals surface area (Å²) in [6.07, 6.45) is 1.24. The van der Waals surface area contributed by atoms with Crippen LogP contribution in [0, 0.1) is 0 Å². The molecule has 1 aromatic carbocycles.